The van der Waals surface area contributed by atoms with E-state index < -0.39 is 41.9 Å². The number of carbonyl (C=O) groups excluding carboxylic acids is 3. The topological polar surface area (TPSA) is 109 Å². The van der Waals surface area contributed by atoms with Gasteiger partial charge in [0.1, 0.15) is 6.54 Å². The molecule has 9 nitrogen and oxygen atoms in total. The fourth-order valence-electron chi connectivity index (χ4n) is 6.77. The lowest BCUT2D eigenvalue weighted by molar-refractivity contribution is -0.134. The number of imide groups is 1. The van der Waals surface area contributed by atoms with Gasteiger partial charge in [-0.1, -0.05) is 25.0 Å². The Labute approximate surface area is 220 Å². The summed E-state index contributed by atoms with van der Waals surface area (Å²) in [6.45, 7) is -1.17. The molecule has 2 aliphatic carbocycles. The summed E-state index contributed by atoms with van der Waals surface area (Å²) >= 11 is 0. The van der Waals surface area contributed by atoms with Gasteiger partial charge in [-0.15, -0.1) is 0 Å². The zero-order valence-corrected chi connectivity index (χ0v) is 20.8. The number of alkyl halides is 3. The van der Waals surface area contributed by atoms with Gasteiger partial charge in [0.2, 0.25) is 11.8 Å². The molecule has 4 amide bonds. The van der Waals surface area contributed by atoms with E-state index in [1.165, 1.54) is 0 Å². The van der Waals surface area contributed by atoms with Gasteiger partial charge in [0.05, 0.1) is 17.0 Å². The summed E-state index contributed by atoms with van der Waals surface area (Å²) in [4.78, 5) is 42.7. The molecule has 4 heterocycles. The van der Waals surface area contributed by atoms with Gasteiger partial charge in [-0.3, -0.25) is 14.9 Å². The van der Waals surface area contributed by atoms with E-state index in [-0.39, 0.29) is 18.4 Å². The number of nitrogens with zero attached hydrogens (tertiary/aromatic N) is 4. The molecule has 3 fully saturated rings. The Morgan fingerprint density at radius 1 is 1.08 bits per heavy atom. The molecule has 4 aliphatic rings. The van der Waals surface area contributed by atoms with Gasteiger partial charge in [-0.05, 0) is 54.4 Å². The molecular formula is C27H25F3N6O3. The molecule has 202 valence electrons. The van der Waals surface area contributed by atoms with Crippen LogP contribution in [0.2, 0.25) is 0 Å². The van der Waals surface area contributed by atoms with Crippen molar-refractivity contribution in [2.75, 3.05) is 18.0 Å². The first kappa shape index (κ1) is 24.1. The minimum atomic E-state index is -4.50. The number of anilines is 1. The van der Waals surface area contributed by atoms with Gasteiger partial charge >= 0.3 is 12.2 Å². The van der Waals surface area contributed by atoms with Crippen molar-refractivity contribution >= 4 is 29.2 Å². The van der Waals surface area contributed by atoms with Crippen LogP contribution in [0.1, 0.15) is 72.2 Å². The predicted octanol–water partition coefficient (Wildman–Crippen LogP) is 3.64. The summed E-state index contributed by atoms with van der Waals surface area (Å²) < 4.78 is 42.1. The van der Waals surface area contributed by atoms with E-state index in [2.05, 4.69) is 20.7 Å². The molecule has 0 radical (unpaired) electrons. The number of rotatable bonds is 4. The molecule has 3 aromatic rings. The van der Waals surface area contributed by atoms with Crippen molar-refractivity contribution < 1.29 is 27.6 Å². The Kier molecular flexibility index (Phi) is 5.11. The van der Waals surface area contributed by atoms with Crippen LogP contribution in [-0.4, -0.2) is 51.7 Å². The van der Waals surface area contributed by atoms with Gasteiger partial charge in [-0.25, -0.2) is 14.3 Å². The van der Waals surface area contributed by atoms with Crippen molar-refractivity contribution in [1.82, 2.24) is 25.2 Å². The Morgan fingerprint density at radius 2 is 1.87 bits per heavy atom. The van der Waals surface area contributed by atoms with E-state index in [1.54, 1.807) is 23.0 Å². The first-order valence-electron chi connectivity index (χ1n) is 13.1. The van der Waals surface area contributed by atoms with E-state index in [0.717, 1.165) is 35.3 Å². The third-order valence-electron chi connectivity index (χ3n) is 8.68. The Balaban J connectivity index is 1.23. The quantitative estimate of drug-likeness (QED) is 0.527. The average Bonchev–Trinajstić information content (AvgIpc) is 3.20. The summed E-state index contributed by atoms with van der Waals surface area (Å²) in [5, 5.41) is 9.43. The molecule has 0 bridgehead atoms. The number of imidazole rings is 1. The number of hydrogen-bond donors (Lipinski definition) is 2. The highest BCUT2D eigenvalue weighted by Crippen LogP contribution is 2.58. The van der Waals surface area contributed by atoms with Gasteiger partial charge in [0, 0.05) is 30.2 Å². The molecule has 7 rings (SSSR count). The fraction of sp³-hybridized carbons (Fsp3) is 0.444. The molecule has 1 saturated heterocycles. The van der Waals surface area contributed by atoms with Crippen LogP contribution in [-0.2, 0) is 15.0 Å². The maximum atomic E-state index is 13.5. The number of fused-ring (bicyclic) bond motifs is 3. The summed E-state index contributed by atoms with van der Waals surface area (Å²) in [5.74, 6) is -1.49. The van der Waals surface area contributed by atoms with Crippen LogP contribution in [0.4, 0.5) is 23.7 Å². The van der Waals surface area contributed by atoms with Gasteiger partial charge in [-0.2, -0.15) is 18.3 Å². The summed E-state index contributed by atoms with van der Waals surface area (Å²) in [7, 11) is 0. The van der Waals surface area contributed by atoms with Crippen molar-refractivity contribution in [1.29, 1.82) is 0 Å². The van der Waals surface area contributed by atoms with Gasteiger partial charge < -0.3 is 10.2 Å². The summed E-state index contributed by atoms with van der Waals surface area (Å²) in [6.07, 6.45) is 2.35. The summed E-state index contributed by atoms with van der Waals surface area (Å²) in [6, 6.07) is 6.87. The van der Waals surface area contributed by atoms with E-state index in [1.807, 2.05) is 18.2 Å². The van der Waals surface area contributed by atoms with Crippen LogP contribution in [0.15, 0.2) is 36.7 Å². The Morgan fingerprint density at radius 3 is 2.62 bits per heavy atom. The number of urea groups is 1. The van der Waals surface area contributed by atoms with Crippen molar-refractivity contribution in [3.8, 4) is 0 Å². The smallest absolute Gasteiger partial charge is 0.337 e. The van der Waals surface area contributed by atoms with E-state index in [0.29, 0.717) is 35.4 Å². The second-order valence-corrected chi connectivity index (χ2v) is 11.0. The zero-order chi connectivity index (χ0) is 27.1. The lowest BCUT2D eigenvalue weighted by atomic mass is 9.80. The van der Waals surface area contributed by atoms with Gasteiger partial charge in [0.25, 0.3) is 0 Å². The van der Waals surface area contributed by atoms with E-state index in [4.69, 9.17) is 0 Å². The molecule has 39 heavy (non-hydrogen) atoms. The monoisotopic (exact) mass is 538 g/mol. The molecule has 1 unspecified atom stereocenters. The highest BCUT2D eigenvalue weighted by Gasteiger charge is 2.54. The molecule has 2 aromatic heterocycles. The molecular weight excluding hydrogens is 513 g/mol. The minimum Gasteiger partial charge on any atom is -0.337 e. The number of hydrogen-bond acceptors (Lipinski definition) is 5. The first-order valence-corrected chi connectivity index (χ1v) is 13.1. The van der Waals surface area contributed by atoms with Crippen LogP contribution in [0.5, 0.6) is 0 Å². The first-order chi connectivity index (χ1) is 18.6. The van der Waals surface area contributed by atoms with Crippen LogP contribution in [0.3, 0.4) is 0 Å². The van der Waals surface area contributed by atoms with Gasteiger partial charge in [0.15, 0.2) is 5.65 Å². The molecule has 12 heteroatoms. The number of halogens is 3. The second kappa shape index (κ2) is 8.27. The van der Waals surface area contributed by atoms with Crippen LogP contribution >= 0.6 is 0 Å². The average molecular weight is 539 g/mol. The summed E-state index contributed by atoms with van der Waals surface area (Å²) in [5.41, 5.74) is 3.14. The molecule has 2 aliphatic heterocycles. The third-order valence-corrected chi connectivity index (χ3v) is 8.68. The lowest BCUT2D eigenvalue weighted by Gasteiger charge is -2.24. The molecule has 2 N–H and O–H groups in total. The highest BCUT2D eigenvalue weighted by molar-refractivity contribution is 6.08. The maximum absolute atomic E-state index is 13.5. The molecule has 1 spiro atoms. The van der Waals surface area contributed by atoms with Crippen molar-refractivity contribution in [3.63, 3.8) is 0 Å². The predicted molar refractivity (Wildman–Crippen MR) is 132 cm³/mol. The van der Waals surface area contributed by atoms with Crippen molar-refractivity contribution in [2.24, 2.45) is 0 Å². The SMILES string of the molecule is O=C1NCC(c2cc([C@H]3C[C@@H]3c3ccc4c(c3)N(CC(F)(F)F)C(=O)C43CCCC3)c3nccn3n2)C(=O)N1. The van der Waals surface area contributed by atoms with Crippen molar-refractivity contribution in [2.45, 2.75) is 61.4 Å². The Bertz CT molecular complexity index is 1540. The van der Waals surface area contributed by atoms with Crippen LogP contribution in [0.25, 0.3) is 5.65 Å². The molecule has 2 saturated carbocycles. The van der Waals surface area contributed by atoms with Crippen molar-refractivity contribution in [3.05, 3.63) is 59.0 Å². The fourth-order valence-corrected chi connectivity index (χ4v) is 6.77. The number of amides is 4. The molecule has 3 atom stereocenters. The lowest BCUT2D eigenvalue weighted by Crippen LogP contribution is -2.51. The van der Waals surface area contributed by atoms with Crippen LogP contribution < -0.4 is 15.5 Å². The number of benzene rings is 1. The number of aromatic nitrogens is 3. The number of nitrogens with one attached hydrogen (secondary N) is 2. The zero-order valence-electron chi connectivity index (χ0n) is 20.8. The standard InChI is InChI=1S/C27H25F3N6O3/c28-27(29,30)13-35-21-9-14(3-4-19(21)26(24(35)38)5-1-2-6-26)15-10-16(15)17-11-20(34-36-8-7-31-22(17)36)18-12-32-25(39)33-23(18)37/h3-4,7-9,11,15-16,18H,1-2,5-6,10,12-13H2,(H2,32,33,37,39)/t15-,16+,18?/m1/s1. The number of carbonyl (C=O) groups is 3. The Hall–Kier alpha value is -3.96. The molecule has 1 aromatic carbocycles. The van der Waals surface area contributed by atoms with Crippen LogP contribution in [0, 0.1) is 0 Å². The third kappa shape index (κ3) is 3.79. The maximum Gasteiger partial charge on any atom is 0.406 e. The largest absolute Gasteiger partial charge is 0.406 e. The van der Waals surface area contributed by atoms with E-state index >= 15 is 0 Å². The normalized spacial score (nSPS) is 25.8. The van der Waals surface area contributed by atoms with E-state index in [9.17, 15) is 27.6 Å². The highest BCUT2D eigenvalue weighted by atomic mass is 19.4. The second-order valence-electron chi connectivity index (χ2n) is 11.0. The minimum absolute atomic E-state index is 0.0181.